The van der Waals surface area contributed by atoms with Crippen molar-refractivity contribution in [2.45, 2.75) is 26.4 Å². The molecule has 0 saturated carbocycles. The second-order valence-corrected chi connectivity index (χ2v) is 8.90. The number of ether oxygens (including phenoxy) is 1. The highest BCUT2D eigenvalue weighted by molar-refractivity contribution is 9.10. The van der Waals surface area contributed by atoms with Crippen molar-refractivity contribution in [3.63, 3.8) is 0 Å². The van der Waals surface area contributed by atoms with Crippen LogP contribution in [0.2, 0.25) is 10.0 Å². The number of halogens is 3. The first-order valence-electron chi connectivity index (χ1n) is 9.96. The summed E-state index contributed by atoms with van der Waals surface area (Å²) in [7, 11) is 0. The minimum atomic E-state index is -0.754. The van der Waals surface area contributed by atoms with Gasteiger partial charge < -0.3 is 14.5 Å². The number of nitrogens with zero attached hydrogens (tertiary/aromatic N) is 1. The lowest BCUT2D eigenvalue weighted by Crippen LogP contribution is -2.30. The molecule has 0 bridgehead atoms. The monoisotopic (exact) mass is 532 g/mol. The third-order valence-corrected chi connectivity index (χ3v) is 6.00. The highest BCUT2D eigenvalue weighted by Crippen LogP contribution is 2.32. The largest absolute Gasteiger partial charge is 0.479 e. The van der Waals surface area contributed by atoms with Crippen LogP contribution in [0.1, 0.15) is 19.4 Å². The van der Waals surface area contributed by atoms with Crippen LogP contribution in [0, 0.1) is 0 Å². The smallest absolute Gasteiger partial charge is 0.265 e. The van der Waals surface area contributed by atoms with Crippen LogP contribution in [0.25, 0.3) is 22.6 Å². The summed E-state index contributed by atoms with van der Waals surface area (Å²) in [6.07, 6.45) is 0.160. The fourth-order valence-electron chi connectivity index (χ4n) is 3.13. The number of hydrogen-bond donors (Lipinski definition) is 1. The number of oxazole rings is 1. The Kier molecular flexibility index (Phi) is 6.74. The van der Waals surface area contributed by atoms with E-state index in [4.69, 9.17) is 32.4 Å². The van der Waals surface area contributed by atoms with Crippen molar-refractivity contribution in [3.05, 3.63) is 74.7 Å². The van der Waals surface area contributed by atoms with Crippen molar-refractivity contribution in [3.8, 4) is 17.2 Å². The molecule has 5 nitrogen and oxygen atoms in total. The predicted octanol–water partition coefficient (Wildman–Crippen LogP) is 7.53. The zero-order valence-electron chi connectivity index (χ0n) is 17.3. The van der Waals surface area contributed by atoms with Crippen molar-refractivity contribution in [2.75, 3.05) is 5.32 Å². The average molecular weight is 534 g/mol. The van der Waals surface area contributed by atoms with Gasteiger partial charge in [-0.2, -0.15) is 0 Å². The molecule has 8 heteroatoms. The van der Waals surface area contributed by atoms with Crippen LogP contribution in [0.15, 0.2) is 63.5 Å². The van der Waals surface area contributed by atoms with Gasteiger partial charge in [0.25, 0.3) is 5.91 Å². The van der Waals surface area contributed by atoms with E-state index >= 15 is 0 Å². The maximum Gasteiger partial charge on any atom is 0.265 e. The van der Waals surface area contributed by atoms with E-state index in [1.54, 1.807) is 37.3 Å². The minimum Gasteiger partial charge on any atom is -0.479 e. The maximum absolute atomic E-state index is 12.5. The van der Waals surface area contributed by atoms with Crippen LogP contribution < -0.4 is 10.1 Å². The van der Waals surface area contributed by atoms with Crippen molar-refractivity contribution in [1.82, 2.24) is 4.98 Å². The Morgan fingerprint density at radius 2 is 1.91 bits per heavy atom. The number of carbonyl (C=O) groups is 1. The van der Waals surface area contributed by atoms with Crippen LogP contribution in [0.3, 0.4) is 0 Å². The number of benzene rings is 3. The van der Waals surface area contributed by atoms with Crippen molar-refractivity contribution < 1.29 is 13.9 Å². The number of amides is 1. The van der Waals surface area contributed by atoms with E-state index < -0.39 is 6.10 Å². The number of nitrogens with one attached hydrogen (secondary N) is 1. The molecule has 1 atom stereocenters. The molecule has 0 fully saturated rings. The van der Waals surface area contributed by atoms with Crippen LogP contribution in [0.4, 0.5) is 5.69 Å². The van der Waals surface area contributed by atoms with Crippen LogP contribution >= 0.6 is 39.1 Å². The van der Waals surface area contributed by atoms with E-state index in [0.29, 0.717) is 33.0 Å². The number of aryl methyl sites for hydroxylation is 1. The van der Waals surface area contributed by atoms with E-state index in [1.165, 1.54) is 5.56 Å². The van der Waals surface area contributed by atoms with Gasteiger partial charge in [0.15, 0.2) is 11.7 Å². The molecular weight excluding hydrogens is 515 g/mol. The van der Waals surface area contributed by atoms with Gasteiger partial charge in [-0.3, -0.25) is 4.79 Å². The van der Waals surface area contributed by atoms with E-state index in [0.717, 1.165) is 22.0 Å². The second kappa shape index (κ2) is 9.53. The molecule has 1 heterocycles. The molecule has 0 radical (unpaired) electrons. The zero-order chi connectivity index (χ0) is 22.8. The van der Waals surface area contributed by atoms with Gasteiger partial charge in [0.2, 0.25) is 5.89 Å². The first kappa shape index (κ1) is 22.6. The van der Waals surface area contributed by atoms with Gasteiger partial charge >= 0.3 is 0 Å². The Bertz CT molecular complexity index is 1290. The lowest BCUT2D eigenvalue weighted by atomic mass is 10.1. The second-order valence-electron chi connectivity index (χ2n) is 7.20. The first-order chi connectivity index (χ1) is 15.3. The van der Waals surface area contributed by atoms with Gasteiger partial charge in [-0.15, -0.1) is 0 Å². The Morgan fingerprint density at radius 1 is 1.16 bits per heavy atom. The quantitative estimate of drug-likeness (QED) is 0.278. The molecule has 164 valence electrons. The predicted molar refractivity (Wildman–Crippen MR) is 132 cm³/mol. The number of rotatable bonds is 6. The number of anilines is 1. The summed E-state index contributed by atoms with van der Waals surface area (Å²) < 4.78 is 12.5. The fraction of sp³-hybridized carbons (Fsp3) is 0.167. The lowest BCUT2D eigenvalue weighted by molar-refractivity contribution is -0.122. The van der Waals surface area contributed by atoms with Crippen molar-refractivity contribution in [1.29, 1.82) is 0 Å². The first-order valence-corrected chi connectivity index (χ1v) is 11.5. The Balaban J connectivity index is 1.46. The summed E-state index contributed by atoms with van der Waals surface area (Å²) in [5, 5.41) is 3.67. The molecule has 1 amide bonds. The molecular formula is C24H19BrCl2N2O3. The Hall–Kier alpha value is -2.54. The molecule has 4 rings (SSSR count). The number of hydrogen-bond acceptors (Lipinski definition) is 4. The van der Waals surface area contributed by atoms with Crippen LogP contribution in [-0.2, 0) is 11.2 Å². The van der Waals surface area contributed by atoms with Crippen LogP contribution in [-0.4, -0.2) is 17.0 Å². The topological polar surface area (TPSA) is 64.4 Å². The van der Waals surface area contributed by atoms with E-state index in [9.17, 15) is 4.79 Å². The average Bonchev–Trinajstić information content (AvgIpc) is 3.21. The normalized spacial score (nSPS) is 12.0. The van der Waals surface area contributed by atoms with E-state index in [-0.39, 0.29) is 5.91 Å². The lowest BCUT2D eigenvalue weighted by Gasteiger charge is -2.16. The molecule has 1 N–H and O–H groups in total. The molecule has 1 aromatic heterocycles. The standard InChI is InChI=1S/C24H19BrCl2N2O3/c1-3-14-10-18(25)22-20(11-14)29-24(32-22)15-4-7-17(8-5-15)28-23(30)13(2)31-21-9-6-16(26)12-19(21)27/h4-13H,3H2,1-2H3,(H,28,30). The summed E-state index contributed by atoms with van der Waals surface area (Å²) in [6, 6.07) is 16.2. The summed E-state index contributed by atoms with van der Waals surface area (Å²) >= 11 is 15.6. The number of aromatic nitrogens is 1. The summed E-state index contributed by atoms with van der Waals surface area (Å²) in [6.45, 7) is 3.74. The highest BCUT2D eigenvalue weighted by Gasteiger charge is 2.17. The number of carbonyl (C=O) groups excluding carboxylic acids is 1. The van der Waals surface area contributed by atoms with Gasteiger partial charge in [0, 0.05) is 16.3 Å². The van der Waals surface area contributed by atoms with Gasteiger partial charge in [0.1, 0.15) is 11.3 Å². The highest BCUT2D eigenvalue weighted by atomic mass is 79.9. The van der Waals surface area contributed by atoms with Crippen molar-refractivity contribution in [2.24, 2.45) is 0 Å². The number of fused-ring (bicyclic) bond motifs is 1. The third-order valence-electron chi connectivity index (χ3n) is 4.88. The summed E-state index contributed by atoms with van der Waals surface area (Å²) in [5.41, 5.74) is 4.12. The van der Waals surface area contributed by atoms with Gasteiger partial charge in [-0.25, -0.2) is 4.98 Å². The molecule has 32 heavy (non-hydrogen) atoms. The SMILES string of the molecule is CCc1cc(Br)c2oc(-c3ccc(NC(=O)C(C)Oc4ccc(Cl)cc4Cl)cc3)nc2c1. The fourth-order valence-corrected chi connectivity index (χ4v) is 4.16. The molecule has 0 aliphatic carbocycles. The summed E-state index contributed by atoms with van der Waals surface area (Å²) in [5.74, 6) is 0.602. The molecule has 0 saturated heterocycles. The zero-order valence-corrected chi connectivity index (χ0v) is 20.4. The summed E-state index contributed by atoms with van der Waals surface area (Å²) in [4.78, 5) is 17.1. The van der Waals surface area contributed by atoms with E-state index in [2.05, 4.69) is 33.2 Å². The Morgan fingerprint density at radius 3 is 2.59 bits per heavy atom. The molecule has 3 aromatic carbocycles. The van der Waals surface area contributed by atoms with Gasteiger partial charge in [-0.05, 0) is 89.4 Å². The van der Waals surface area contributed by atoms with Gasteiger partial charge in [0.05, 0.1) is 9.50 Å². The molecule has 1 unspecified atom stereocenters. The Labute approximate surface area is 203 Å². The molecule has 0 spiro atoms. The van der Waals surface area contributed by atoms with Crippen LogP contribution in [0.5, 0.6) is 5.75 Å². The minimum absolute atomic E-state index is 0.304. The van der Waals surface area contributed by atoms with Crippen molar-refractivity contribution >= 4 is 61.8 Å². The van der Waals surface area contributed by atoms with Gasteiger partial charge in [-0.1, -0.05) is 30.1 Å². The van der Waals surface area contributed by atoms with E-state index in [1.807, 2.05) is 24.3 Å². The maximum atomic E-state index is 12.5. The third kappa shape index (κ3) is 4.93. The molecule has 0 aliphatic heterocycles. The molecule has 4 aromatic rings. The molecule has 0 aliphatic rings.